The second-order valence-electron chi connectivity index (χ2n) is 36.0. The summed E-state index contributed by atoms with van der Waals surface area (Å²) in [6.45, 7) is 51.6. The van der Waals surface area contributed by atoms with Crippen LogP contribution >= 0.6 is 155 Å². The largest absolute Gasteiger partial charge is 0.0379 e. The number of rotatable bonds is 42. The molecule has 0 aliphatic rings. The quantitative estimate of drug-likeness (QED) is 0.00778. The Bertz CT molecular complexity index is 4150. The van der Waals surface area contributed by atoms with Crippen LogP contribution in [0.15, 0.2) is 33.2 Å². The Morgan fingerprint density at radius 3 is 1.03 bits per heavy atom. The maximum Gasteiger partial charge on any atom is 0.0379 e. The number of urea groups is 4. The van der Waals surface area contributed by atoms with Gasteiger partial charge in [0, 0.05) is 150 Å². The van der Waals surface area contributed by atoms with Crippen molar-refractivity contribution in [2.24, 2.45) is 11.8 Å². The average molecular weight is 2640 g/mol. The number of carboxylic acids is 1. The summed E-state index contributed by atoms with van der Waals surface area (Å²) in [4.78, 5) is 153. The van der Waals surface area contributed by atoms with E-state index in [2.05, 4.69) is 195 Å². The van der Waals surface area contributed by atoms with Crippen molar-refractivity contribution in [1.29, 1.82) is 1.34 Å². The van der Waals surface area contributed by atoms with E-state index < -0.39 is 102 Å². The molecule has 0 aliphatic carbocycles. The van der Waals surface area contributed by atoms with E-state index in [9.17, 15) is 58.2 Å². The van der Waals surface area contributed by atoms with E-state index in [0.29, 0.717) is 95.4 Å². The number of carbonyl (C=O) groups excluding carboxylic acids is 9. The van der Waals surface area contributed by atoms with Crippen molar-refractivity contribution in [2.45, 2.75) is 360 Å². The van der Waals surface area contributed by atoms with Crippen LogP contribution in [0.1, 0.15) is 297 Å². The number of methoxy groups -OCH3 is 1. The number of hydrogen-bond donors (Lipinski definition) is 8. The Labute approximate surface area is 885 Å². The van der Waals surface area contributed by atoms with Gasteiger partial charge in [0.1, 0.15) is 18.7 Å². The Kier molecular flexibility index (Phi) is 70.3. The normalized spacial score (nSPS) is 13.9. The van der Waals surface area contributed by atoms with E-state index >= 15 is 0 Å². The molecule has 5 aromatic heterocycles. The third kappa shape index (κ3) is 59.0. The Morgan fingerprint density at radius 1 is 0.474 bits per heavy atom. The molecule has 2 radical (unpaired) electrons. The molecule has 0 saturated carbocycles. The molecule has 4 unspecified atom stereocenters. The number of Topliss-reactive ketones (excluding diaryl/α,β-unsaturated/α-hetero) is 2. The zero-order chi connectivity index (χ0) is 102. The number of nitrogens with zero attached hydrogens (tertiary/aromatic N) is 9. The number of ether oxygens (including phenoxy) is 6. The van der Waals surface area contributed by atoms with Crippen LogP contribution in [0.25, 0.3) is 0 Å². The number of aliphatic hydroxyl groups excluding tert-OH is 1. The molecule has 10 amide bonds. The van der Waals surface area contributed by atoms with Gasteiger partial charge < -0.3 is 90.1 Å². The van der Waals surface area contributed by atoms with E-state index in [4.69, 9.17) is 29.8 Å². The van der Waals surface area contributed by atoms with Gasteiger partial charge >= 0.3 is 98.7 Å². The monoisotopic (exact) mass is 2640 g/mol. The fourth-order valence-electron chi connectivity index (χ4n) is 12.0. The molecule has 12 atom stereocenters. The second kappa shape index (κ2) is 70.1. The van der Waals surface area contributed by atoms with Gasteiger partial charge in [-0.3, -0.25) is 14.6 Å². The van der Waals surface area contributed by atoms with Gasteiger partial charge in [0.25, 0.3) is 0 Å². The SMILES string of the molecule is C.CC(C)c1nc(CN(C)C(=O)N[C@H](C(=O)C[C@@H](C)CC[C@H](C)NC(=O)OCc2cncs2)C(C)O)cs1.CC(C)c1nc(CN(C)C(=O)N[C@H](C(=O)O)C(C)OC(C)(C)C)cs1.CCOC(=O)N[C@@H](C)CC[C@H](C)CC(=O)[C@@H](NC(=O)N(C)Cc1csc(C(C)C)n1)C(C)OC(C)(C)C.COC(=O)[C@@H](NC(=O)N(C)Cc1csc(C(C)C)n1)C(C)OC(C)(C)C.I.II.I[I-]I.[2H][B]. The smallest absolute Gasteiger partial charge is 0.0379 e. The van der Waals surface area contributed by atoms with Gasteiger partial charge in [-0.15, -0.1) is 80.7 Å². The summed E-state index contributed by atoms with van der Waals surface area (Å²) in [7, 11) is 11.6. The fourth-order valence-corrected chi connectivity index (χ4v) is 15.8. The number of halogens is 6. The number of esters is 1. The van der Waals surface area contributed by atoms with E-state index in [1.165, 1.54) is 45.0 Å². The topological polar surface area (TPSA) is 416 Å². The third-order valence-electron chi connectivity index (χ3n) is 18.4. The molecule has 0 fully saturated rings. The molecule has 133 heavy (non-hydrogen) atoms. The van der Waals surface area contributed by atoms with Crippen LogP contribution in [0.3, 0.4) is 0 Å². The number of carboxylic acid groups (broad SMARTS) is 1. The summed E-state index contributed by atoms with van der Waals surface area (Å²) in [5, 5.41) is 47.8. The van der Waals surface area contributed by atoms with Gasteiger partial charge in [0.05, 0.1) is 134 Å². The predicted molar refractivity (Wildman–Crippen MR) is 578 cm³/mol. The molecule has 0 bridgehead atoms. The first-order chi connectivity index (χ1) is 61.3. The minimum atomic E-state index is -1.13. The van der Waals surface area contributed by atoms with Crippen LogP contribution in [-0.4, -0.2) is 244 Å². The van der Waals surface area contributed by atoms with Crippen LogP contribution in [-0.2, 0) is 80.4 Å². The standard InChI is InChI=1S/C27H48N4O5S.C25H39N5O5S2.C18H31N3O4S.C17H29N3O4S.CH4.BH.I3.I2.HI/c1-11-35-26(34)28-19(5)13-12-18(4)14-22(32)23(20(6)36-27(7,8)9)30-25(33)31(10)15-21-16-37-24(29-21)17(2)3;1-15(2)23-28-19(13-36-23)11-30(6)24(33)29-22(18(5)31)21(32)9-16(3)7-8-17(4)27-25(34)35-12-20-10-26-14-37-20;1-11(2)15-19-13(10-26-15)9-21(7)17(23)20-14(16(22)24-8)12(3)25-18(4,5)6;1-10(2)14-18-12(9-25-14)8-20(7)16(23)19-13(15(21)22)11(3)24-17(4,5)6;;;1-3-2;1-2;/h16-20,23H,11-15H2,1-10H3,(H,28,34)(H,30,33);10,13-18,22,31H,7-9,11-12H2,1-6H3,(H,27,34)(H,29,33);10-12,14H,9H2,1-8H3,(H,20,23);9-11,13H,8H2,1-7H3,(H,19,23)(H,21,22);1H4;1H;;;1H/q;;;;;;-1;;/t18-,19-,20?,23-;16-,17-,18?,22-;12?,14-;11?,13-;;;;;/m0000...../s1/i;;;;;1D;;;. The summed E-state index contributed by atoms with van der Waals surface area (Å²) < 4.78 is 37.7. The zero-order valence-electron chi connectivity index (χ0n) is 83.6. The molecule has 45 heteroatoms. The summed E-state index contributed by atoms with van der Waals surface area (Å²) in [5.74, 6) is -0.560. The average Bonchev–Trinajstić information content (AvgIpc) is 1.55. The molecule has 764 valence electrons. The first-order valence-electron chi connectivity index (χ1n) is 43.6. The van der Waals surface area contributed by atoms with Crippen molar-refractivity contribution < 1.29 is 99.8 Å². The molecule has 33 nitrogen and oxygen atoms in total. The van der Waals surface area contributed by atoms with Crippen molar-refractivity contribution >= 4 is 223 Å². The molecular weight excluding hydrogens is 2490 g/mol. The molecule has 0 aromatic carbocycles. The molecule has 5 rings (SSSR count). The summed E-state index contributed by atoms with van der Waals surface area (Å²) in [6, 6.07) is -5.65. The summed E-state index contributed by atoms with van der Waals surface area (Å²) in [6.07, 6.45) is 1.29. The van der Waals surface area contributed by atoms with E-state index in [-0.39, 0.29) is 92.0 Å². The van der Waals surface area contributed by atoms with Crippen LogP contribution in [0.4, 0.5) is 28.8 Å². The zero-order valence-corrected chi connectivity index (χ0v) is 99.8. The number of nitrogens with one attached hydrogen (secondary N) is 6. The number of amides is 10. The Hall–Kier alpha value is -3.67. The molecule has 0 saturated heterocycles. The van der Waals surface area contributed by atoms with Gasteiger partial charge in [-0.05, 0) is 150 Å². The van der Waals surface area contributed by atoms with Crippen LogP contribution < -0.4 is 45.2 Å². The summed E-state index contributed by atoms with van der Waals surface area (Å²) in [5.41, 5.74) is 3.48. The van der Waals surface area contributed by atoms with E-state index in [1.54, 1.807) is 106 Å². The molecule has 0 aliphatic heterocycles. The van der Waals surface area contributed by atoms with Crippen molar-refractivity contribution in [3.63, 3.8) is 0 Å². The fraction of sp³-hybridized carbons (Fsp3) is 0.716. The number of alkyl carbamates (subject to hydrolysis) is 2. The van der Waals surface area contributed by atoms with Crippen molar-refractivity contribution in [1.82, 2.24) is 76.4 Å². The number of thiazole rings is 5. The first kappa shape index (κ1) is 133. The van der Waals surface area contributed by atoms with Crippen LogP contribution in [0, 0.1) is 11.8 Å². The predicted octanol–water partition coefficient (Wildman–Crippen LogP) is 17.2. The minimum Gasteiger partial charge on any atom is -0.0379 e. The molecule has 0 spiro atoms. The maximum absolute atomic E-state index is 13.4. The molecule has 8 N–H and O–H groups in total. The Balaban J connectivity index is -0.000000828. The molecule has 5 heterocycles. The van der Waals surface area contributed by atoms with Crippen LogP contribution in [0.2, 0.25) is 0 Å². The number of aliphatic hydroxyl groups is 1. The molecular formula is C88H153BI6N15O18S5-. The minimum absolute atomic E-state index is 0. The maximum atomic E-state index is 13.4. The van der Waals surface area contributed by atoms with Gasteiger partial charge in [0.15, 0.2) is 23.7 Å². The molecule has 5 aromatic rings. The number of carbonyl (C=O) groups is 10. The first-order valence-corrected chi connectivity index (χ1v) is 66.3. The summed E-state index contributed by atoms with van der Waals surface area (Å²) >= 11 is 17.2. The van der Waals surface area contributed by atoms with E-state index in [0.717, 1.165) is 54.1 Å². The van der Waals surface area contributed by atoms with Gasteiger partial charge in [-0.1, -0.05) is 76.7 Å². The van der Waals surface area contributed by atoms with Gasteiger partial charge in [0.2, 0.25) is 0 Å². The van der Waals surface area contributed by atoms with Crippen LogP contribution in [0.5, 0.6) is 0 Å². The number of ketones is 2. The number of aromatic nitrogens is 5. The third-order valence-corrected chi connectivity index (χ3v) is 23.9. The van der Waals surface area contributed by atoms with Crippen molar-refractivity contribution in [3.8, 4) is 0 Å². The van der Waals surface area contributed by atoms with Gasteiger partial charge in [-0.25, -0.2) is 58.3 Å². The van der Waals surface area contributed by atoms with Gasteiger partial charge in [-0.2, -0.15) is 0 Å². The Morgan fingerprint density at radius 2 is 0.759 bits per heavy atom. The van der Waals surface area contributed by atoms with E-state index in [1.807, 2.05) is 118 Å². The van der Waals surface area contributed by atoms with Crippen molar-refractivity contribution in [3.05, 3.63) is 80.9 Å². The van der Waals surface area contributed by atoms with Crippen molar-refractivity contribution in [2.75, 3.05) is 41.9 Å². The number of hydrogen-bond acceptors (Lipinski definition) is 27. The number of aliphatic carboxylic acids is 1. The second-order valence-corrected chi connectivity index (χ2v) is 56.8.